The molecule has 2 saturated heterocycles. The molecule has 2 heterocycles. The molecular weight excluding hydrogens is 216 g/mol. The molecule has 1 amide bonds. The number of rotatable bonds is 3. The first-order valence-corrected chi connectivity index (χ1v) is 6.83. The summed E-state index contributed by atoms with van der Waals surface area (Å²) in [5.74, 6) is 1.31. The van der Waals surface area contributed by atoms with Crippen molar-refractivity contribution in [2.45, 2.75) is 38.7 Å². The van der Waals surface area contributed by atoms with E-state index < -0.39 is 0 Å². The highest BCUT2D eigenvalue weighted by molar-refractivity contribution is 5.76. The molecule has 2 fully saturated rings. The summed E-state index contributed by atoms with van der Waals surface area (Å²) in [7, 11) is 0. The van der Waals surface area contributed by atoms with Crippen molar-refractivity contribution in [1.29, 1.82) is 0 Å². The molecule has 98 valence electrons. The maximum Gasteiger partial charge on any atom is 0.222 e. The van der Waals surface area contributed by atoms with Gasteiger partial charge in [-0.2, -0.15) is 0 Å². The summed E-state index contributed by atoms with van der Waals surface area (Å²) in [5.41, 5.74) is 0. The standard InChI is InChI=1S/C13H24N2O2/c1-10(11-3-2-5-14-8-11)7-13(17)15-6-4-12(16)9-15/h10-12,14,16H,2-9H2,1H3. The van der Waals surface area contributed by atoms with E-state index in [1.807, 2.05) is 4.90 Å². The van der Waals surface area contributed by atoms with Crippen LogP contribution < -0.4 is 5.32 Å². The molecule has 0 radical (unpaired) electrons. The SMILES string of the molecule is CC(CC(=O)N1CCC(O)C1)C1CCCNC1. The van der Waals surface area contributed by atoms with Crippen molar-refractivity contribution in [3.63, 3.8) is 0 Å². The fraction of sp³-hybridized carbons (Fsp3) is 0.923. The van der Waals surface area contributed by atoms with Gasteiger partial charge in [0.05, 0.1) is 6.10 Å². The first-order valence-electron chi connectivity index (χ1n) is 6.83. The molecule has 0 aromatic rings. The first kappa shape index (κ1) is 12.8. The number of aliphatic hydroxyl groups excluding tert-OH is 1. The van der Waals surface area contributed by atoms with Crippen molar-refractivity contribution >= 4 is 5.91 Å². The van der Waals surface area contributed by atoms with Crippen molar-refractivity contribution < 1.29 is 9.90 Å². The predicted molar refractivity (Wildman–Crippen MR) is 66.6 cm³/mol. The Labute approximate surface area is 103 Å². The van der Waals surface area contributed by atoms with E-state index in [4.69, 9.17) is 0 Å². The minimum absolute atomic E-state index is 0.222. The van der Waals surface area contributed by atoms with Crippen LogP contribution in [0.1, 0.15) is 32.6 Å². The second-order valence-electron chi connectivity index (χ2n) is 5.57. The van der Waals surface area contributed by atoms with Crippen molar-refractivity contribution in [2.24, 2.45) is 11.8 Å². The maximum absolute atomic E-state index is 12.0. The fourth-order valence-corrected chi connectivity index (χ4v) is 2.90. The smallest absolute Gasteiger partial charge is 0.222 e. The first-order chi connectivity index (χ1) is 8.16. The van der Waals surface area contributed by atoms with Gasteiger partial charge in [0.2, 0.25) is 5.91 Å². The third kappa shape index (κ3) is 3.42. The molecule has 0 aromatic heterocycles. The van der Waals surface area contributed by atoms with Crippen LogP contribution in [-0.2, 0) is 4.79 Å². The van der Waals surface area contributed by atoms with E-state index in [9.17, 15) is 9.90 Å². The zero-order chi connectivity index (χ0) is 12.3. The Kier molecular flexibility index (Phi) is 4.40. The molecule has 4 heteroatoms. The quantitative estimate of drug-likeness (QED) is 0.760. The molecule has 0 aromatic carbocycles. The minimum Gasteiger partial charge on any atom is -0.391 e. The van der Waals surface area contributed by atoms with Gasteiger partial charge in [0.1, 0.15) is 0 Å². The topological polar surface area (TPSA) is 52.6 Å². The summed E-state index contributed by atoms with van der Waals surface area (Å²) >= 11 is 0. The highest BCUT2D eigenvalue weighted by atomic mass is 16.3. The average molecular weight is 240 g/mol. The van der Waals surface area contributed by atoms with E-state index in [1.54, 1.807) is 0 Å². The van der Waals surface area contributed by atoms with E-state index in [0.717, 1.165) is 26.1 Å². The van der Waals surface area contributed by atoms with Crippen LogP contribution in [0.5, 0.6) is 0 Å². The van der Waals surface area contributed by atoms with Crippen molar-refractivity contribution in [1.82, 2.24) is 10.2 Å². The lowest BCUT2D eigenvalue weighted by molar-refractivity contribution is -0.131. The molecule has 3 unspecified atom stereocenters. The highest BCUT2D eigenvalue weighted by Crippen LogP contribution is 2.24. The molecule has 4 nitrogen and oxygen atoms in total. The van der Waals surface area contributed by atoms with Gasteiger partial charge in [-0.1, -0.05) is 6.92 Å². The van der Waals surface area contributed by atoms with Gasteiger partial charge in [-0.3, -0.25) is 4.79 Å². The Morgan fingerprint density at radius 3 is 2.94 bits per heavy atom. The van der Waals surface area contributed by atoms with Crippen LogP contribution in [-0.4, -0.2) is 48.2 Å². The third-order valence-corrected chi connectivity index (χ3v) is 4.15. The Hall–Kier alpha value is -0.610. The van der Waals surface area contributed by atoms with E-state index in [0.29, 0.717) is 24.8 Å². The fourth-order valence-electron chi connectivity index (χ4n) is 2.90. The van der Waals surface area contributed by atoms with Gasteiger partial charge >= 0.3 is 0 Å². The van der Waals surface area contributed by atoms with Crippen LogP contribution in [0.3, 0.4) is 0 Å². The summed E-state index contributed by atoms with van der Waals surface area (Å²) in [5, 5.41) is 12.8. The number of carbonyl (C=O) groups is 1. The van der Waals surface area contributed by atoms with Gasteiger partial charge in [-0.15, -0.1) is 0 Å². The van der Waals surface area contributed by atoms with Crippen LogP contribution in [0.2, 0.25) is 0 Å². The summed E-state index contributed by atoms with van der Waals surface area (Å²) in [6.07, 6.45) is 3.55. The largest absolute Gasteiger partial charge is 0.391 e. The number of carbonyl (C=O) groups excluding carboxylic acids is 1. The average Bonchev–Trinajstić information content (AvgIpc) is 2.77. The zero-order valence-corrected chi connectivity index (χ0v) is 10.7. The van der Waals surface area contributed by atoms with Crippen LogP contribution in [0.25, 0.3) is 0 Å². The summed E-state index contributed by atoms with van der Waals surface area (Å²) in [4.78, 5) is 13.9. The molecular formula is C13H24N2O2. The van der Waals surface area contributed by atoms with Crippen LogP contribution in [0.4, 0.5) is 0 Å². The molecule has 2 rings (SSSR count). The number of nitrogens with one attached hydrogen (secondary N) is 1. The zero-order valence-electron chi connectivity index (χ0n) is 10.7. The van der Waals surface area contributed by atoms with Gasteiger partial charge in [-0.25, -0.2) is 0 Å². The molecule has 2 N–H and O–H groups in total. The number of aliphatic hydroxyl groups is 1. The lowest BCUT2D eigenvalue weighted by atomic mass is 9.85. The second kappa shape index (κ2) is 5.83. The summed E-state index contributed by atoms with van der Waals surface area (Å²) in [6, 6.07) is 0. The van der Waals surface area contributed by atoms with Gasteiger partial charge in [0, 0.05) is 19.5 Å². The molecule has 0 saturated carbocycles. The molecule has 0 spiro atoms. The van der Waals surface area contributed by atoms with E-state index in [2.05, 4.69) is 12.2 Å². The Balaban J connectivity index is 1.77. The number of hydrogen-bond donors (Lipinski definition) is 2. The molecule has 0 aliphatic carbocycles. The monoisotopic (exact) mass is 240 g/mol. The molecule has 2 aliphatic heterocycles. The van der Waals surface area contributed by atoms with E-state index in [-0.39, 0.29) is 12.0 Å². The van der Waals surface area contributed by atoms with Gasteiger partial charge in [0.15, 0.2) is 0 Å². The third-order valence-electron chi connectivity index (χ3n) is 4.15. The Bertz CT molecular complexity index is 264. The number of nitrogens with zero attached hydrogens (tertiary/aromatic N) is 1. The molecule has 3 atom stereocenters. The summed E-state index contributed by atoms with van der Waals surface area (Å²) in [6.45, 7) is 5.62. The number of β-amino-alcohol motifs (C(OH)–C–C–N with tert-alkyl or cyclic N) is 1. The van der Waals surface area contributed by atoms with Gasteiger partial charge < -0.3 is 15.3 Å². The predicted octanol–water partition coefficient (Wildman–Crippen LogP) is 0.605. The molecule has 17 heavy (non-hydrogen) atoms. The van der Waals surface area contributed by atoms with Crippen molar-refractivity contribution in [2.75, 3.05) is 26.2 Å². The van der Waals surface area contributed by atoms with Crippen LogP contribution in [0.15, 0.2) is 0 Å². The Morgan fingerprint density at radius 2 is 2.35 bits per heavy atom. The lowest BCUT2D eigenvalue weighted by Crippen LogP contribution is -2.36. The lowest BCUT2D eigenvalue weighted by Gasteiger charge is -2.29. The van der Waals surface area contributed by atoms with Gasteiger partial charge in [-0.05, 0) is 44.2 Å². The Morgan fingerprint density at radius 1 is 1.53 bits per heavy atom. The second-order valence-corrected chi connectivity index (χ2v) is 5.57. The molecule has 2 aliphatic rings. The number of likely N-dealkylation sites (tertiary alicyclic amines) is 1. The van der Waals surface area contributed by atoms with E-state index >= 15 is 0 Å². The number of hydrogen-bond acceptors (Lipinski definition) is 3. The van der Waals surface area contributed by atoms with Crippen LogP contribution in [0, 0.1) is 11.8 Å². The maximum atomic E-state index is 12.0. The molecule has 0 bridgehead atoms. The summed E-state index contributed by atoms with van der Waals surface area (Å²) < 4.78 is 0. The van der Waals surface area contributed by atoms with E-state index in [1.165, 1.54) is 12.8 Å². The van der Waals surface area contributed by atoms with Gasteiger partial charge in [0.25, 0.3) is 0 Å². The normalized spacial score (nSPS) is 31.5. The highest BCUT2D eigenvalue weighted by Gasteiger charge is 2.28. The number of piperidine rings is 1. The minimum atomic E-state index is -0.300. The van der Waals surface area contributed by atoms with Crippen molar-refractivity contribution in [3.8, 4) is 0 Å². The number of amides is 1. The van der Waals surface area contributed by atoms with Crippen molar-refractivity contribution in [3.05, 3.63) is 0 Å². The van der Waals surface area contributed by atoms with Crippen LogP contribution >= 0.6 is 0 Å².